The Hall–Kier alpha value is -0.940. The maximum Gasteiger partial charge on any atom is 0.234 e. The minimum absolute atomic E-state index is 0. The Bertz CT molecular complexity index is 584. The van der Waals surface area contributed by atoms with Crippen molar-refractivity contribution in [2.45, 2.75) is 40.3 Å². The molecule has 0 spiro atoms. The number of nitrogens with one attached hydrogen (secondary N) is 2. The molecule has 7 nitrogen and oxygen atoms in total. The number of amides is 1. The molecular formula is C17H31IN6OS. The molecule has 1 amide bonds. The zero-order valence-corrected chi connectivity index (χ0v) is 19.3. The van der Waals surface area contributed by atoms with Crippen molar-refractivity contribution in [1.82, 2.24) is 25.4 Å². The number of hydrogen-bond acceptors (Lipinski definition) is 5. The monoisotopic (exact) mass is 494 g/mol. The molecule has 0 atom stereocenters. The summed E-state index contributed by atoms with van der Waals surface area (Å²) in [4.78, 5) is 26.7. The second kappa shape index (κ2) is 11.7. The first-order chi connectivity index (χ1) is 12.0. The van der Waals surface area contributed by atoms with Gasteiger partial charge in [0.1, 0.15) is 5.01 Å². The topological polar surface area (TPSA) is 72.9 Å². The molecule has 9 heteroatoms. The van der Waals surface area contributed by atoms with Gasteiger partial charge in [0.2, 0.25) is 5.91 Å². The molecule has 1 aliphatic heterocycles. The first-order valence-corrected chi connectivity index (χ1v) is 9.76. The molecule has 0 saturated carbocycles. The SMILES string of the molecule is CCNC(=NCc1ncc(C)s1)N1CCN(CC(=O)NC(C)C)CC1.I. The van der Waals surface area contributed by atoms with E-state index in [1.165, 1.54) is 4.88 Å². The summed E-state index contributed by atoms with van der Waals surface area (Å²) in [7, 11) is 0. The number of aryl methyl sites for hydroxylation is 1. The van der Waals surface area contributed by atoms with Gasteiger partial charge in [0.25, 0.3) is 0 Å². The van der Waals surface area contributed by atoms with Gasteiger partial charge < -0.3 is 15.5 Å². The average molecular weight is 494 g/mol. The number of carbonyl (C=O) groups is 1. The minimum atomic E-state index is 0. The summed E-state index contributed by atoms with van der Waals surface area (Å²) in [5, 5.41) is 7.35. The van der Waals surface area contributed by atoms with Gasteiger partial charge in [-0.1, -0.05) is 0 Å². The number of halogens is 1. The standard InChI is InChI=1S/C17H30N6OS.HI/c1-5-18-17(20-11-16-19-10-14(4)25-16)23-8-6-22(7-9-23)12-15(24)21-13(2)3;/h10,13H,5-9,11-12H2,1-4H3,(H,18,20)(H,21,24);1H. The number of hydrogen-bond donors (Lipinski definition) is 2. The molecule has 1 aromatic heterocycles. The fraction of sp³-hybridized carbons (Fsp3) is 0.706. The molecule has 2 rings (SSSR count). The second-order valence-electron chi connectivity index (χ2n) is 6.52. The second-order valence-corrected chi connectivity index (χ2v) is 7.84. The predicted molar refractivity (Wildman–Crippen MR) is 118 cm³/mol. The molecule has 0 radical (unpaired) electrons. The fourth-order valence-corrected chi connectivity index (χ4v) is 3.44. The minimum Gasteiger partial charge on any atom is -0.357 e. The molecular weight excluding hydrogens is 463 g/mol. The van der Waals surface area contributed by atoms with E-state index < -0.39 is 0 Å². The normalized spacial score (nSPS) is 15.7. The van der Waals surface area contributed by atoms with Gasteiger partial charge in [-0.05, 0) is 27.7 Å². The number of piperazine rings is 1. The van der Waals surface area contributed by atoms with Crippen LogP contribution in [0.1, 0.15) is 30.7 Å². The molecule has 0 bridgehead atoms. The van der Waals surface area contributed by atoms with Crippen LogP contribution >= 0.6 is 35.3 Å². The lowest BCUT2D eigenvalue weighted by atomic mass is 10.3. The summed E-state index contributed by atoms with van der Waals surface area (Å²) in [6, 6.07) is 0.191. The van der Waals surface area contributed by atoms with Gasteiger partial charge in [-0.3, -0.25) is 9.69 Å². The highest BCUT2D eigenvalue weighted by atomic mass is 127. The lowest BCUT2D eigenvalue weighted by Crippen LogP contribution is -2.54. The Kier molecular flexibility index (Phi) is 10.4. The van der Waals surface area contributed by atoms with Crippen molar-refractivity contribution in [3.8, 4) is 0 Å². The zero-order chi connectivity index (χ0) is 18.2. The summed E-state index contributed by atoms with van der Waals surface area (Å²) in [5.41, 5.74) is 0. The van der Waals surface area contributed by atoms with Crippen LogP contribution in [-0.4, -0.2) is 72.0 Å². The van der Waals surface area contributed by atoms with Gasteiger partial charge in [0, 0.05) is 49.8 Å². The number of guanidine groups is 1. The van der Waals surface area contributed by atoms with Crippen molar-refractivity contribution >= 4 is 47.2 Å². The molecule has 1 aromatic rings. The van der Waals surface area contributed by atoms with Gasteiger partial charge >= 0.3 is 0 Å². The third kappa shape index (κ3) is 7.75. The van der Waals surface area contributed by atoms with Crippen LogP contribution in [0, 0.1) is 6.92 Å². The summed E-state index contributed by atoms with van der Waals surface area (Å²) < 4.78 is 0. The van der Waals surface area contributed by atoms with Crippen molar-refractivity contribution in [3.05, 3.63) is 16.1 Å². The Morgan fingerprint density at radius 1 is 1.35 bits per heavy atom. The molecule has 1 saturated heterocycles. The van der Waals surface area contributed by atoms with E-state index in [1.807, 2.05) is 20.0 Å². The highest BCUT2D eigenvalue weighted by Gasteiger charge is 2.21. The number of rotatable bonds is 6. The molecule has 1 aliphatic rings. The van der Waals surface area contributed by atoms with Gasteiger partial charge in [-0.2, -0.15) is 0 Å². The maximum atomic E-state index is 11.9. The van der Waals surface area contributed by atoms with Crippen LogP contribution < -0.4 is 10.6 Å². The quantitative estimate of drug-likeness (QED) is 0.358. The largest absolute Gasteiger partial charge is 0.357 e. The highest BCUT2D eigenvalue weighted by Crippen LogP contribution is 2.12. The van der Waals surface area contributed by atoms with Crippen LogP contribution in [0.5, 0.6) is 0 Å². The summed E-state index contributed by atoms with van der Waals surface area (Å²) >= 11 is 1.69. The molecule has 2 N–H and O–H groups in total. The lowest BCUT2D eigenvalue weighted by Gasteiger charge is -2.36. The summed E-state index contributed by atoms with van der Waals surface area (Å²) in [6.07, 6.45) is 1.89. The van der Waals surface area contributed by atoms with Gasteiger partial charge in [-0.25, -0.2) is 9.98 Å². The van der Waals surface area contributed by atoms with E-state index in [9.17, 15) is 4.79 Å². The smallest absolute Gasteiger partial charge is 0.234 e. The Morgan fingerprint density at radius 2 is 2.04 bits per heavy atom. The first kappa shape index (κ1) is 23.1. The Labute approximate surface area is 177 Å². The fourth-order valence-electron chi connectivity index (χ4n) is 2.73. The van der Waals surface area contributed by atoms with Crippen molar-refractivity contribution in [3.63, 3.8) is 0 Å². The number of nitrogens with zero attached hydrogens (tertiary/aromatic N) is 4. The van der Waals surface area contributed by atoms with Crippen LogP contribution in [0.4, 0.5) is 0 Å². The van der Waals surface area contributed by atoms with Crippen molar-refractivity contribution in [2.24, 2.45) is 4.99 Å². The van der Waals surface area contributed by atoms with E-state index in [0.29, 0.717) is 13.1 Å². The average Bonchev–Trinajstić information content (AvgIpc) is 2.97. The summed E-state index contributed by atoms with van der Waals surface area (Å²) in [6.45, 7) is 13.5. The number of aromatic nitrogens is 1. The van der Waals surface area contributed by atoms with Gasteiger partial charge in [0.15, 0.2) is 5.96 Å². The molecule has 0 unspecified atom stereocenters. The number of carbonyl (C=O) groups excluding carboxylic acids is 1. The van der Waals surface area contributed by atoms with Crippen LogP contribution in [0.25, 0.3) is 0 Å². The van der Waals surface area contributed by atoms with Crippen LogP contribution in [0.15, 0.2) is 11.2 Å². The third-order valence-corrected chi connectivity index (χ3v) is 4.75. The van der Waals surface area contributed by atoms with E-state index >= 15 is 0 Å². The maximum absolute atomic E-state index is 11.9. The van der Waals surface area contributed by atoms with Gasteiger partial charge in [-0.15, -0.1) is 35.3 Å². The predicted octanol–water partition coefficient (Wildman–Crippen LogP) is 1.68. The molecule has 0 aliphatic carbocycles. The number of thiazole rings is 1. The van der Waals surface area contributed by atoms with Crippen LogP contribution in [-0.2, 0) is 11.3 Å². The van der Waals surface area contributed by atoms with E-state index in [-0.39, 0.29) is 35.9 Å². The van der Waals surface area contributed by atoms with Crippen molar-refractivity contribution in [1.29, 1.82) is 0 Å². The Balaban J connectivity index is 0.00000338. The number of aliphatic imine (C=N–C) groups is 1. The molecule has 26 heavy (non-hydrogen) atoms. The lowest BCUT2D eigenvalue weighted by molar-refractivity contribution is -0.123. The van der Waals surface area contributed by atoms with E-state index in [0.717, 1.165) is 43.7 Å². The Morgan fingerprint density at radius 3 is 2.58 bits per heavy atom. The van der Waals surface area contributed by atoms with E-state index in [1.54, 1.807) is 11.3 Å². The highest BCUT2D eigenvalue weighted by molar-refractivity contribution is 14.0. The molecule has 0 aromatic carbocycles. The summed E-state index contributed by atoms with van der Waals surface area (Å²) in [5.74, 6) is 1.03. The zero-order valence-electron chi connectivity index (χ0n) is 16.1. The van der Waals surface area contributed by atoms with Crippen molar-refractivity contribution in [2.75, 3.05) is 39.3 Å². The van der Waals surface area contributed by atoms with Crippen LogP contribution in [0.2, 0.25) is 0 Å². The third-order valence-electron chi connectivity index (χ3n) is 3.86. The van der Waals surface area contributed by atoms with E-state index in [4.69, 9.17) is 4.99 Å². The van der Waals surface area contributed by atoms with Crippen LogP contribution in [0.3, 0.4) is 0 Å². The molecule has 2 heterocycles. The first-order valence-electron chi connectivity index (χ1n) is 8.94. The van der Waals surface area contributed by atoms with Crippen molar-refractivity contribution < 1.29 is 4.79 Å². The molecule has 1 fully saturated rings. The van der Waals surface area contributed by atoms with E-state index in [2.05, 4.69) is 39.3 Å². The molecule has 148 valence electrons. The van der Waals surface area contributed by atoms with Gasteiger partial charge in [0.05, 0.1) is 13.1 Å².